The summed E-state index contributed by atoms with van der Waals surface area (Å²) < 4.78 is 5.82. The monoisotopic (exact) mass is 261 g/mol. The summed E-state index contributed by atoms with van der Waals surface area (Å²) in [6.07, 6.45) is 0.189. The molecule has 3 rings (SSSR count). The fraction of sp³-hybridized carbons (Fsp3) is 0.308. The molecule has 0 fully saturated rings. The standard InChI is InChI=1S/C13H15N3OS/c1-7-6-15-10-4-3-9(5-11(10)17-7)12-8(2)18-13(14)16-12/h3-5,7,15H,6H2,1-2H3,(H2,14,16). The third-order valence-corrected chi connectivity index (χ3v) is 3.78. The number of nitrogens with two attached hydrogens (primary N) is 1. The Balaban J connectivity index is 2.04. The lowest BCUT2D eigenvalue weighted by atomic mass is 10.1. The number of hydrogen-bond donors (Lipinski definition) is 2. The molecule has 1 aromatic heterocycles. The number of nitrogens with zero attached hydrogens (tertiary/aromatic N) is 1. The molecule has 94 valence electrons. The minimum Gasteiger partial charge on any atom is -0.487 e. The van der Waals surface area contributed by atoms with E-state index < -0.39 is 0 Å². The Morgan fingerprint density at radius 2 is 2.33 bits per heavy atom. The van der Waals surface area contributed by atoms with Crippen LogP contribution in [-0.2, 0) is 0 Å². The molecular formula is C13H15N3OS. The van der Waals surface area contributed by atoms with Gasteiger partial charge in [-0.3, -0.25) is 0 Å². The highest BCUT2D eigenvalue weighted by Gasteiger charge is 2.17. The van der Waals surface area contributed by atoms with Crippen molar-refractivity contribution in [2.24, 2.45) is 0 Å². The Labute approximate surface area is 110 Å². The Morgan fingerprint density at radius 1 is 1.50 bits per heavy atom. The summed E-state index contributed by atoms with van der Waals surface area (Å²) in [5.74, 6) is 0.886. The van der Waals surface area contributed by atoms with Crippen LogP contribution in [0.15, 0.2) is 18.2 Å². The first kappa shape index (κ1) is 11.3. The first-order chi connectivity index (χ1) is 8.63. The fourth-order valence-electron chi connectivity index (χ4n) is 2.11. The third kappa shape index (κ3) is 1.90. The Hall–Kier alpha value is -1.75. The Bertz CT molecular complexity index is 594. The van der Waals surface area contributed by atoms with E-state index in [1.807, 2.05) is 25.1 Å². The van der Waals surface area contributed by atoms with Gasteiger partial charge in [0.1, 0.15) is 11.9 Å². The summed E-state index contributed by atoms with van der Waals surface area (Å²) in [6, 6.07) is 6.11. The van der Waals surface area contributed by atoms with Gasteiger partial charge in [0.15, 0.2) is 5.13 Å². The highest BCUT2D eigenvalue weighted by molar-refractivity contribution is 7.15. The largest absolute Gasteiger partial charge is 0.487 e. The summed E-state index contributed by atoms with van der Waals surface area (Å²) >= 11 is 1.51. The highest BCUT2D eigenvalue weighted by atomic mass is 32.1. The Kier molecular flexibility index (Phi) is 2.63. The maximum atomic E-state index is 5.82. The van der Waals surface area contributed by atoms with Crippen LogP contribution in [0.4, 0.5) is 10.8 Å². The molecule has 1 aromatic carbocycles. The van der Waals surface area contributed by atoms with Crippen molar-refractivity contribution in [2.45, 2.75) is 20.0 Å². The van der Waals surface area contributed by atoms with Gasteiger partial charge in [0.05, 0.1) is 17.9 Å². The number of aryl methyl sites for hydroxylation is 1. The van der Waals surface area contributed by atoms with Crippen molar-refractivity contribution in [1.82, 2.24) is 4.98 Å². The van der Waals surface area contributed by atoms with Gasteiger partial charge in [0.25, 0.3) is 0 Å². The van der Waals surface area contributed by atoms with E-state index in [9.17, 15) is 0 Å². The molecule has 1 unspecified atom stereocenters. The van der Waals surface area contributed by atoms with E-state index in [2.05, 4.69) is 17.2 Å². The van der Waals surface area contributed by atoms with Crippen molar-refractivity contribution in [2.75, 3.05) is 17.6 Å². The van der Waals surface area contributed by atoms with Gasteiger partial charge in [-0.25, -0.2) is 4.98 Å². The van der Waals surface area contributed by atoms with Crippen LogP contribution >= 0.6 is 11.3 Å². The second kappa shape index (κ2) is 4.17. The van der Waals surface area contributed by atoms with Gasteiger partial charge in [0.2, 0.25) is 0 Å². The van der Waals surface area contributed by atoms with Crippen molar-refractivity contribution in [3.05, 3.63) is 23.1 Å². The number of aromatic nitrogens is 1. The van der Waals surface area contributed by atoms with E-state index >= 15 is 0 Å². The summed E-state index contributed by atoms with van der Waals surface area (Å²) in [4.78, 5) is 5.50. The number of fused-ring (bicyclic) bond motifs is 1. The van der Waals surface area contributed by atoms with Gasteiger partial charge in [-0.15, -0.1) is 11.3 Å². The van der Waals surface area contributed by atoms with Crippen LogP contribution in [0.3, 0.4) is 0 Å². The Morgan fingerprint density at radius 3 is 3.06 bits per heavy atom. The lowest BCUT2D eigenvalue weighted by Gasteiger charge is -2.25. The minimum absolute atomic E-state index is 0.189. The highest BCUT2D eigenvalue weighted by Crippen LogP contribution is 2.36. The number of anilines is 2. The molecule has 1 aliphatic rings. The number of nitrogen functional groups attached to an aromatic ring is 1. The predicted octanol–water partition coefficient (Wildman–Crippen LogP) is 2.89. The maximum Gasteiger partial charge on any atom is 0.180 e. The molecule has 4 nitrogen and oxygen atoms in total. The van der Waals surface area contributed by atoms with Crippen molar-refractivity contribution >= 4 is 22.2 Å². The average molecular weight is 261 g/mol. The van der Waals surface area contributed by atoms with Gasteiger partial charge >= 0.3 is 0 Å². The number of benzene rings is 1. The molecule has 0 saturated heterocycles. The zero-order valence-electron chi connectivity index (χ0n) is 10.4. The van der Waals surface area contributed by atoms with Crippen LogP contribution < -0.4 is 15.8 Å². The molecule has 18 heavy (non-hydrogen) atoms. The van der Waals surface area contributed by atoms with Gasteiger partial charge < -0.3 is 15.8 Å². The van der Waals surface area contributed by atoms with Crippen LogP contribution in [0.5, 0.6) is 5.75 Å². The van der Waals surface area contributed by atoms with Crippen molar-refractivity contribution < 1.29 is 4.74 Å². The molecule has 0 bridgehead atoms. The molecule has 0 amide bonds. The minimum atomic E-state index is 0.189. The molecule has 2 aromatic rings. The quantitative estimate of drug-likeness (QED) is 0.828. The van der Waals surface area contributed by atoms with E-state index in [1.54, 1.807) is 0 Å². The lowest BCUT2D eigenvalue weighted by molar-refractivity contribution is 0.226. The fourth-order valence-corrected chi connectivity index (χ4v) is 2.82. The van der Waals surface area contributed by atoms with Crippen LogP contribution in [0.2, 0.25) is 0 Å². The number of thiazole rings is 1. The lowest BCUT2D eigenvalue weighted by Crippen LogP contribution is -2.27. The van der Waals surface area contributed by atoms with Gasteiger partial charge in [-0.1, -0.05) is 6.07 Å². The van der Waals surface area contributed by atoms with E-state index in [0.29, 0.717) is 5.13 Å². The molecule has 0 saturated carbocycles. The molecule has 1 aliphatic heterocycles. The maximum absolute atomic E-state index is 5.82. The number of hydrogen-bond acceptors (Lipinski definition) is 5. The summed E-state index contributed by atoms with van der Waals surface area (Å²) in [5.41, 5.74) is 8.78. The van der Waals surface area contributed by atoms with Crippen LogP contribution in [-0.4, -0.2) is 17.6 Å². The third-order valence-electron chi connectivity index (χ3n) is 2.98. The van der Waals surface area contributed by atoms with Gasteiger partial charge in [-0.05, 0) is 26.0 Å². The molecule has 1 atom stereocenters. The van der Waals surface area contributed by atoms with Crippen LogP contribution in [0.25, 0.3) is 11.3 Å². The first-order valence-corrected chi connectivity index (χ1v) is 6.73. The second-order valence-corrected chi connectivity index (χ2v) is 5.71. The molecule has 0 aliphatic carbocycles. The summed E-state index contributed by atoms with van der Waals surface area (Å²) in [5, 5.41) is 3.95. The van der Waals surface area contributed by atoms with Crippen molar-refractivity contribution in [3.63, 3.8) is 0 Å². The molecule has 3 N–H and O–H groups in total. The SMILES string of the molecule is Cc1sc(N)nc1-c1ccc2c(c1)OC(C)CN2. The molecule has 0 radical (unpaired) electrons. The second-order valence-electron chi connectivity index (χ2n) is 4.48. The van der Waals surface area contributed by atoms with Crippen LogP contribution in [0, 0.1) is 6.92 Å². The average Bonchev–Trinajstić information content (AvgIpc) is 2.67. The summed E-state index contributed by atoms with van der Waals surface area (Å²) in [6.45, 7) is 4.92. The number of ether oxygens (including phenoxy) is 1. The number of rotatable bonds is 1. The van der Waals surface area contributed by atoms with E-state index in [-0.39, 0.29) is 6.10 Å². The van der Waals surface area contributed by atoms with Crippen molar-refractivity contribution in [3.8, 4) is 17.0 Å². The van der Waals surface area contributed by atoms with E-state index in [1.165, 1.54) is 11.3 Å². The van der Waals surface area contributed by atoms with Gasteiger partial charge in [-0.2, -0.15) is 0 Å². The van der Waals surface area contributed by atoms with E-state index in [4.69, 9.17) is 10.5 Å². The first-order valence-electron chi connectivity index (χ1n) is 5.91. The predicted molar refractivity (Wildman–Crippen MR) is 75.3 cm³/mol. The molecule has 5 heteroatoms. The zero-order chi connectivity index (χ0) is 12.7. The zero-order valence-corrected chi connectivity index (χ0v) is 11.2. The topological polar surface area (TPSA) is 60.2 Å². The smallest absolute Gasteiger partial charge is 0.180 e. The molecular weight excluding hydrogens is 246 g/mol. The molecule has 0 spiro atoms. The van der Waals surface area contributed by atoms with Crippen LogP contribution in [0.1, 0.15) is 11.8 Å². The van der Waals surface area contributed by atoms with E-state index in [0.717, 1.165) is 34.1 Å². The van der Waals surface area contributed by atoms with Crippen molar-refractivity contribution in [1.29, 1.82) is 0 Å². The van der Waals surface area contributed by atoms with Gasteiger partial charge in [0, 0.05) is 10.4 Å². The number of nitrogens with one attached hydrogen (secondary N) is 1. The summed E-state index contributed by atoms with van der Waals surface area (Å²) in [7, 11) is 0. The molecule has 2 heterocycles. The normalized spacial score (nSPS) is 17.8.